The molecule has 1 unspecified atom stereocenters. The first-order valence-corrected chi connectivity index (χ1v) is 9.32. The maximum absolute atomic E-state index is 13.9. The molecule has 0 spiro atoms. The predicted molar refractivity (Wildman–Crippen MR) is 117 cm³/mol. The van der Waals surface area contributed by atoms with Gasteiger partial charge in [0, 0.05) is 29.7 Å². The largest absolute Gasteiger partial charge is 0.396 e. The lowest BCUT2D eigenvalue weighted by molar-refractivity contribution is 0.243. The fourth-order valence-electron chi connectivity index (χ4n) is 2.55. The molecule has 4 nitrogen and oxygen atoms in total. The SMILES string of the molecule is CCNC(=NCc1ccc(Br)cc1F)NCC(CCO)CC(C)C.I. The number of halogens is 3. The van der Waals surface area contributed by atoms with Gasteiger partial charge in [-0.3, -0.25) is 0 Å². The Labute approximate surface area is 176 Å². The van der Waals surface area contributed by atoms with Crippen molar-refractivity contribution in [3.63, 3.8) is 0 Å². The standard InChI is InChI=1S/C18H29BrFN3O.HI/c1-4-21-18(22-11-14(7-8-24)9-13(2)3)23-12-15-5-6-16(19)10-17(15)20;/h5-6,10,13-14,24H,4,7-9,11-12H2,1-3H3,(H2,21,22,23);1H. The zero-order valence-electron chi connectivity index (χ0n) is 15.2. The third-order valence-corrected chi connectivity index (χ3v) is 4.16. The van der Waals surface area contributed by atoms with Gasteiger partial charge >= 0.3 is 0 Å². The second-order valence-corrected chi connectivity index (χ2v) is 7.24. The van der Waals surface area contributed by atoms with Crippen LogP contribution >= 0.6 is 39.9 Å². The molecule has 0 aliphatic heterocycles. The van der Waals surface area contributed by atoms with Crippen molar-refractivity contribution in [1.82, 2.24) is 10.6 Å². The van der Waals surface area contributed by atoms with E-state index in [1.165, 1.54) is 6.07 Å². The average molecular weight is 530 g/mol. The van der Waals surface area contributed by atoms with Crippen LogP contribution in [0.4, 0.5) is 4.39 Å². The molecule has 0 fully saturated rings. The Morgan fingerprint density at radius 1 is 1.32 bits per heavy atom. The van der Waals surface area contributed by atoms with Gasteiger partial charge in [0.1, 0.15) is 5.82 Å². The Kier molecular flexibility index (Phi) is 13.5. The zero-order valence-corrected chi connectivity index (χ0v) is 19.1. The molecule has 0 amide bonds. The molecule has 0 radical (unpaired) electrons. The molecule has 1 aromatic rings. The van der Waals surface area contributed by atoms with Crippen molar-refractivity contribution in [3.05, 3.63) is 34.1 Å². The highest BCUT2D eigenvalue weighted by Gasteiger charge is 2.11. The van der Waals surface area contributed by atoms with Crippen LogP contribution in [-0.2, 0) is 6.54 Å². The Hall–Kier alpha value is -0.410. The third kappa shape index (κ3) is 10.4. The summed E-state index contributed by atoms with van der Waals surface area (Å²) < 4.78 is 14.6. The number of rotatable bonds is 9. The summed E-state index contributed by atoms with van der Waals surface area (Å²) in [5.74, 6) is 1.39. The van der Waals surface area contributed by atoms with E-state index in [1.54, 1.807) is 6.07 Å². The van der Waals surface area contributed by atoms with Crippen LogP contribution in [0.2, 0.25) is 0 Å². The van der Waals surface area contributed by atoms with E-state index in [4.69, 9.17) is 0 Å². The van der Waals surface area contributed by atoms with Crippen LogP contribution in [0.1, 0.15) is 39.2 Å². The summed E-state index contributed by atoms with van der Waals surface area (Å²) in [5, 5.41) is 15.7. The quantitative estimate of drug-likeness (QED) is 0.254. The van der Waals surface area contributed by atoms with Crippen molar-refractivity contribution in [2.45, 2.75) is 40.2 Å². The third-order valence-electron chi connectivity index (χ3n) is 3.67. The number of guanidine groups is 1. The van der Waals surface area contributed by atoms with E-state index in [9.17, 15) is 9.50 Å². The number of nitrogens with zero attached hydrogens (tertiary/aromatic N) is 1. The van der Waals surface area contributed by atoms with E-state index in [2.05, 4.69) is 45.4 Å². The van der Waals surface area contributed by atoms with E-state index < -0.39 is 0 Å². The lowest BCUT2D eigenvalue weighted by Crippen LogP contribution is -2.40. The normalized spacial score (nSPS) is 12.7. The van der Waals surface area contributed by atoms with Gasteiger partial charge in [0.2, 0.25) is 0 Å². The summed E-state index contributed by atoms with van der Waals surface area (Å²) in [6, 6.07) is 5.00. The van der Waals surface area contributed by atoms with Gasteiger partial charge in [-0.2, -0.15) is 0 Å². The molecule has 3 N–H and O–H groups in total. The predicted octanol–water partition coefficient (Wildman–Crippen LogP) is 4.31. The molecule has 7 heteroatoms. The summed E-state index contributed by atoms with van der Waals surface area (Å²) >= 11 is 3.26. The van der Waals surface area contributed by atoms with Gasteiger partial charge in [-0.25, -0.2) is 9.38 Å². The average Bonchev–Trinajstić information content (AvgIpc) is 2.51. The minimum Gasteiger partial charge on any atom is -0.396 e. The summed E-state index contributed by atoms with van der Waals surface area (Å²) in [5.41, 5.74) is 0.560. The topological polar surface area (TPSA) is 56.7 Å². The van der Waals surface area contributed by atoms with Crippen molar-refractivity contribution >= 4 is 45.9 Å². The highest BCUT2D eigenvalue weighted by atomic mass is 127. The van der Waals surface area contributed by atoms with E-state index in [-0.39, 0.29) is 42.9 Å². The molecule has 0 aliphatic carbocycles. The molecule has 25 heavy (non-hydrogen) atoms. The molecular formula is C18H30BrFIN3O. The molecule has 1 aromatic carbocycles. The highest BCUT2D eigenvalue weighted by Crippen LogP contribution is 2.16. The fourth-order valence-corrected chi connectivity index (χ4v) is 2.88. The fraction of sp³-hybridized carbons (Fsp3) is 0.611. The summed E-state index contributed by atoms with van der Waals surface area (Å²) in [4.78, 5) is 4.46. The van der Waals surface area contributed by atoms with Crippen LogP contribution < -0.4 is 10.6 Å². The number of nitrogens with one attached hydrogen (secondary N) is 2. The minimum atomic E-state index is -0.262. The maximum Gasteiger partial charge on any atom is 0.191 e. The number of aliphatic hydroxyl groups is 1. The Morgan fingerprint density at radius 3 is 2.60 bits per heavy atom. The Morgan fingerprint density at radius 2 is 2.04 bits per heavy atom. The molecule has 0 bridgehead atoms. The van der Waals surface area contributed by atoms with Crippen molar-refractivity contribution in [2.24, 2.45) is 16.8 Å². The van der Waals surface area contributed by atoms with E-state index in [0.717, 1.165) is 30.4 Å². The lowest BCUT2D eigenvalue weighted by atomic mass is 9.94. The molecule has 0 heterocycles. The van der Waals surface area contributed by atoms with Gasteiger partial charge in [-0.1, -0.05) is 35.8 Å². The molecule has 0 saturated carbocycles. The van der Waals surface area contributed by atoms with Crippen LogP contribution in [0.5, 0.6) is 0 Å². The second-order valence-electron chi connectivity index (χ2n) is 6.32. The smallest absolute Gasteiger partial charge is 0.191 e. The van der Waals surface area contributed by atoms with E-state index >= 15 is 0 Å². The number of aliphatic imine (C=N–C) groups is 1. The minimum absolute atomic E-state index is 0. The number of hydrogen-bond donors (Lipinski definition) is 3. The monoisotopic (exact) mass is 529 g/mol. The van der Waals surface area contributed by atoms with Gasteiger partial charge in [-0.05, 0) is 43.7 Å². The first-order valence-electron chi connectivity index (χ1n) is 8.53. The van der Waals surface area contributed by atoms with Crippen LogP contribution in [0.15, 0.2) is 27.7 Å². The second kappa shape index (κ2) is 13.7. The van der Waals surface area contributed by atoms with Crippen LogP contribution in [0.25, 0.3) is 0 Å². The van der Waals surface area contributed by atoms with Crippen LogP contribution in [-0.4, -0.2) is 30.8 Å². The number of hydrogen-bond acceptors (Lipinski definition) is 2. The lowest BCUT2D eigenvalue weighted by Gasteiger charge is -2.20. The first kappa shape index (κ1) is 24.6. The van der Waals surface area contributed by atoms with Crippen molar-refractivity contribution in [1.29, 1.82) is 0 Å². The molecule has 1 atom stereocenters. The molecular weight excluding hydrogens is 500 g/mol. The van der Waals surface area contributed by atoms with Crippen molar-refractivity contribution < 1.29 is 9.50 Å². The summed E-state index contributed by atoms with van der Waals surface area (Å²) in [6.07, 6.45) is 1.82. The van der Waals surface area contributed by atoms with E-state index in [0.29, 0.717) is 23.4 Å². The van der Waals surface area contributed by atoms with Gasteiger partial charge in [0.25, 0.3) is 0 Å². The highest BCUT2D eigenvalue weighted by molar-refractivity contribution is 14.0. The van der Waals surface area contributed by atoms with Gasteiger partial charge < -0.3 is 15.7 Å². The molecule has 0 aromatic heterocycles. The Balaban J connectivity index is 0.00000576. The molecule has 1 rings (SSSR count). The van der Waals surface area contributed by atoms with Crippen molar-refractivity contribution in [2.75, 3.05) is 19.7 Å². The van der Waals surface area contributed by atoms with Crippen molar-refractivity contribution in [3.8, 4) is 0 Å². The summed E-state index contributed by atoms with van der Waals surface area (Å²) in [7, 11) is 0. The van der Waals surface area contributed by atoms with E-state index in [1.807, 2.05) is 13.0 Å². The molecule has 0 aliphatic rings. The number of aliphatic hydroxyl groups excluding tert-OH is 1. The van der Waals surface area contributed by atoms with Crippen LogP contribution in [0, 0.1) is 17.7 Å². The van der Waals surface area contributed by atoms with Gasteiger partial charge in [-0.15, -0.1) is 24.0 Å². The van der Waals surface area contributed by atoms with Gasteiger partial charge in [0.05, 0.1) is 6.54 Å². The van der Waals surface area contributed by atoms with Crippen LogP contribution in [0.3, 0.4) is 0 Å². The summed E-state index contributed by atoms with van der Waals surface area (Å²) in [6.45, 7) is 8.31. The maximum atomic E-state index is 13.9. The number of benzene rings is 1. The molecule has 0 saturated heterocycles. The van der Waals surface area contributed by atoms with Gasteiger partial charge in [0.15, 0.2) is 5.96 Å². The zero-order chi connectivity index (χ0) is 17.9. The molecule has 144 valence electrons. The first-order chi connectivity index (χ1) is 11.5. The Bertz CT molecular complexity index is 529.